The van der Waals surface area contributed by atoms with Gasteiger partial charge in [0.15, 0.2) is 0 Å². The van der Waals surface area contributed by atoms with Crippen LogP contribution in [0.1, 0.15) is 10.4 Å². The van der Waals surface area contributed by atoms with E-state index in [0.29, 0.717) is 5.56 Å². The van der Waals surface area contributed by atoms with Crippen molar-refractivity contribution >= 4 is 43.5 Å². The van der Waals surface area contributed by atoms with Gasteiger partial charge < -0.3 is 4.74 Å². The number of methoxy groups -OCH3 is 1. The van der Waals surface area contributed by atoms with Gasteiger partial charge in [0.05, 0.1) is 16.9 Å². The summed E-state index contributed by atoms with van der Waals surface area (Å²) in [5.74, 6) is -0.446. The van der Waals surface area contributed by atoms with E-state index in [0.717, 1.165) is 0 Å². The molecule has 0 saturated heterocycles. The smallest absolute Gasteiger partial charge is 0.320 e. The van der Waals surface area contributed by atoms with Crippen LogP contribution in [0.15, 0.2) is 24.3 Å². The molecule has 7 heteroatoms. The maximum atomic E-state index is 11.3. The molecular weight excluding hydrogens is 358 g/mol. The van der Waals surface area contributed by atoms with E-state index >= 15 is 0 Å². The summed E-state index contributed by atoms with van der Waals surface area (Å²) in [5.41, 5.74) is 0.614. The van der Waals surface area contributed by atoms with Gasteiger partial charge in [-0.3, -0.25) is 14.9 Å². The van der Waals surface area contributed by atoms with Gasteiger partial charge in [-0.15, -0.1) is 0 Å². The van der Waals surface area contributed by atoms with Crippen molar-refractivity contribution in [1.29, 1.82) is 0 Å². The van der Waals surface area contributed by atoms with E-state index in [9.17, 15) is 14.9 Å². The number of esters is 1. The average Bonchev–Trinajstić information content (AvgIpc) is 2.36. The fourth-order valence-electron chi connectivity index (χ4n) is 1.21. The fourth-order valence-corrected chi connectivity index (χ4v) is 2.20. The first-order chi connectivity index (χ1) is 7.97. The van der Waals surface area contributed by atoms with Crippen LogP contribution in [0.4, 0.5) is 5.69 Å². The molecule has 0 aromatic heterocycles. The zero-order valence-corrected chi connectivity index (χ0v) is 12.0. The number of hydrogen-bond acceptors (Lipinski definition) is 4. The van der Waals surface area contributed by atoms with E-state index in [1.54, 1.807) is 12.1 Å². The molecule has 0 amide bonds. The molecule has 0 aliphatic heterocycles. The Morgan fingerprint density at radius 1 is 1.47 bits per heavy atom. The molecular formula is C10H9Br2NO4. The Hall–Kier alpha value is -0.950. The second kappa shape index (κ2) is 6.11. The summed E-state index contributed by atoms with van der Waals surface area (Å²) in [5, 5.41) is 10.6. The van der Waals surface area contributed by atoms with Crippen molar-refractivity contribution in [2.75, 3.05) is 7.11 Å². The van der Waals surface area contributed by atoms with E-state index in [-0.39, 0.29) is 5.69 Å². The Balaban J connectivity index is 2.96. The summed E-state index contributed by atoms with van der Waals surface area (Å²) in [6.45, 7) is 0. The van der Waals surface area contributed by atoms with Gasteiger partial charge in [0.25, 0.3) is 5.69 Å². The third kappa shape index (κ3) is 3.50. The molecule has 1 aromatic rings. The highest BCUT2D eigenvalue weighted by Gasteiger charge is 2.26. The van der Waals surface area contributed by atoms with E-state index < -0.39 is 20.5 Å². The number of ether oxygens (including phenoxy) is 1. The molecule has 1 aromatic carbocycles. The van der Waals surface area contributed by atoms with Crippen molar-refractivity contribution < 1.29 is 14.5 Å². The topological polar surface area (TPSA) is 69.4 Å². The molecule has 0 fully saturated rings. The van der Waals surface area contributed by atoms with Crippen LogP contribution in [-0.2, 0) is 9.53 Å². The van der Waals surface area contributed by atoms with Crippen LogP contribution in [0.3, 0.4) is 0 Å². The first-order valence-corrected chi connectivity index (χ1v) is 6.41. The third-order valence-electron chi connectivity index (χ3n) is 2.08. The van der Waals surface area contributed by atoms with Crippen LogP contribution in [-0.4, -0.2) is 22.8 Å². The summed E-state index contributed by atoms with van der Waals surface area (Å²) in [6.07, 6.45) is 0. The highest BCUT2D eigenvalue weighted by molar-refractivity contribution is 9.12. The standard InChI is InChI=1S/C10H9Br2NO4/c1-17-10(14)9(12)8(11)6-3-2-4-7(5-6)13(15)16/h2-5,8-9H,1H3. The molecule has 0 bridgehead atoms. The van der Waals surface area contributed by atoms with Gasteiger partial charge in [0.1, 0.15) is 4.83 Å². The largest absolute Gasteiger partial charge is 0.468 e. The van der Waals surface area contributed by atoms with Crippen LogP contribution >= 0.6 is 31.9 Å². The zero-order valence-electron chi connectivity index (χ0n) is 8.80. The Morgan fingerprint density at radius 3 is 2.65 bits per heavy atom. The van der Waals surface area contributed by atoms with Gasteiger partial charge in [-0.2, -0.15) is 0 Å². The average molecular weight is 367 g/mol. The van der Waals surface area contributed by atoms with E-state index in [4.69, 9.17) is 0 Å². The van der Waals surface area contributed by atoms with Gasteiger partial charge in [0.2, 0.25) is 0 Å². The molecule has 0 N–H and O–H groups in total. The minimum absolute atomic E-state index is 0.0171. The van der Waals surface area contributed by atoms with Crippen LogP contribution in [0.5, 0.6) is 0 Å². The van der Waals surface area contributed by atoms with Gasteiger partial charge in [-0.05, 0) is 5.56 Å². The number of non-ortho nitro benzene ring substituents is 1. The molecule has 2 atom stereocenters. The summed E-state index contributed by atoms with van der Waals surface area (Å²) in [7, 11) is 1.28. The lowest BCUT2D eigenvalue weighted by Crippen LogP contribution is -2.20. The van der Waals surface area contributed by atoms with Gasteiger partial charge >= 0.3 is 5.97 Å². The lowest BCUT2D eigenvalue weighted by molar-refractivity contribution is -0.384. The molecule has 0 spiro atoms. The van der Waals surface area contributed by atoms with Crippen molar-refractivity contribution in [3.63, 3.8) is 0 Å². The Bertz CT molecular complexity index is 438. The molecule has 1 rings (SSSR count). The Labute approximate surface area is 115 Å². The molecule has 0 saturated carbocycles. The quantitative estimate of drug-likeness (QED) is 0.355. The maximum absolute atomic E-state index is 11.3. The lowest BCUT2D eigenvalue weighted by Gasteiger charge is -2.14. The Kier molecular flexibility index (Phi) is 5.07. The zero-order chi connectivity index (χ0) is 13.0. The van der Waals surface area contributed by atoms with Crippen molar-refractivity contribution in [1.82, 2.24) is 0 Å². The highest BCUT2D eigenvalue weighted by Crippen LogP contribution is 2.33. The fraction of sp³-hybridized carbons (Fsp3) is 0.300. The Morgan fingerprint density at radius 2 is 2.12 bits per heavy atom. The normalized spacial score (nSPS) is 13.8. The predicted octanol–water partition coefficient (Wildman–Crippen LogP) is 2.97. The van der Waals surface area contributed by atoms with Crippen molar-refractivity contribution in [2.45, 2.75) is 9.65 Å². The minimum atomic E-state index is -0.602. The van der Waals surface area contributed by atoms with E-state index in [1.165, 1.54) is 19.2 Å². The van der Waals surface area contributed by atoms with Crippen molar-refractivity contribution in [3.05, 3.63) is 39.9 Å². The van der Waals surface area contributed by atoms with E-state index in [2.05, 4.69) is 36.6 Å². The minimum Gasteiger partial charge on any atom is -0.468 e. The number of carbonyl (C=O) groups is 1. The number of nitro groups is 1. The van der Waals surface area contributed by atoms with Crippen molar-refractivity contribution in [3.8, 4) is 0 Å². The summed E-state index contributed by atoms with van der Waals surface area (Å²) >= 11 is 6.48. The number of halogens is 2. The van der Waals surface area contributed by atoms with Crippen LogP contribution in [0.2, 0.25) is 0 Å². The molecule has 0 radical (unpaired) electrons. The lowest BCUT2D eigenvalue weighted by atomic mass is 10.1. The molecule has 0 aliphatic carbocycles. The number of benzene rings is 1. The van der Waals surface area contributed by atoms with Crippen LogP contribution in [0.25, 0.3) is 0 Å². The van der Waals surface area contributed by atoms with Crippen LogP contribution in [0, 0.1) is 10.1 Å². The molecule has 92 valence electrons. The molecule has 17 heavy (non-hydrogen) atoms. The second-order valence-corrected chi connectivity index (χ2v) is 5.15. The van der Waals surface area contributed by atoms with Gasteiger partial charge in [-0.1, -0.05) is 44.0 Å². The first-order valence-electron chi connectivity index (χ1n) is 4.57. The number of rotatable bonds is 4. The number of hydrogen-bond donors (Lipinski definition) is 0. The van der Waals surface area contributed by atoms with Gasteiger partial charge in [0, 0.05) is 12.1 Å². The predicted molar refractivity (Wildman–Crippen MR) is 69.5 cm³/mol. The number of nitro benzene ring substituents is 1. The molecule has 2 unspecified atom stereocenters. The first kappa shape index (κ1) is 14.1. The third-order valence-corrected chi connectivity index (χ3v) is 4.75. The molecule has 5 nitrogen and oxygen atoms in total. The number of alkyl halides is 2. The SMILES string of the molecule is COC(=O)C(Br)C(Br)c1cccc([N+](=O)[O-])c1. The monoisotopic (exact) mass is 365 g/mol. The van der Waals surface area contributed by atoms with E-state index in [1.807, 2.05) is 0 Å². The van der Waals surface area contributed by atoms with Gasteiger partial charge in [-0.25, -0.2) is 0 Å². The summed E-state index contributed by atoms with van der Waals surface area (Å²) in [4.78, 5) is 20.5. The molecule has 0 aliphatic rings. The number of carbonyl (C=O) groups excluding carboxylic acids is 1. The van der Waals surface area contributed by atoms with Crippen LogP contribution < -0.4 is 0 Å². The summed E-state index contributed by atoms with van der Waals surface area (Å²) < 4.78 is 4.58. The maximum Gasteiger partial charge on any atom is 0.320 e. The summed E-state index contributed by atoms with van der Waals surface area (Å²) in [6, 6.07) is 6.07. The number of nitrogens with zero attached hydrogens (tertiary/aromatic N) is 1. The molecule has 0 heterocycles. The highest BCUT2D eigenvalue weighted by atomic mass is 79.9. The van der Waals surface area contributed by atoms with Crippen molar-refractivity contribution in [2.24, 2.45) is 0 Å². The second-order valence-electron chi connectivity index (χ2n) is 3.18.